The molecule has 0 amide bonds. The number of fused-ring (bicyclic) bond motifs is 1. The highest BCUT2D eigenvalue weighted by atomic mass is 19.3. The van der Waals surface area contributed by atoms with Gasteiger partial charge in [-0.3, -0.25) is 4.57 Å². The van der Waals surface area contributed by atoms with Crippen LogP contribution in [0, 0.1) is 0 Å². The Labute approximate surface area is 138 Å². The zero-order chi connectivity index (χ0) is 17.3. The van der Waals surface area contributed by atoms with Gasteiger partial charge in [0.1, 0.15) is 5.82 Å². The number of halogens is 2. The number of rotatable bonds is 5. The van der Waals surface area contributed by atoms with Crippen LogP contribution in [0.25, 0.3) is 17.1 Å². The van der Waals surface area contributed by atoms with Gasteiger partial charge in [0, 0.05) is 30.1 Å². The smallest absolute Gasteiger partial charge is 0.354 e. The molecule has 0 spiro atoms. The highest BCUT2D eigenvalue weighted by Crippen LogP contribution is 2.32. The zero-order valence-corrected chi connectivity index (χ0v) is 13.4. The molecule has 24 heavy (non-hydrogen) atoms. The summed E-state index contributed by atoms with van der Waals surface area (Å²) in [7, 11) is 0. The molecule has 1 aromatic carbocycles. The van der Waals surface area contributed by atoms with E-state index in [-0.39, 0.29) is 11.6 Å². The van der Waals surface area contributed by atoms with E-state index in [0.29, 0.717) is 16.7 Å². The van der Waals surface area contributed by atoms with Crippen molar-refractivity contribution >= 4 is 22.9 Å². The molecule has 0 unspecified atom stereocenters. The van der Waals surface area contributed by atoms with E-state index < -0.39 is 11.6 Å². The van der Waals surface area contributed by atoms with Gasteiger partial charge >= 0.3 is 5.69 Å². The van der Waals surface area contributed by atoms with Crippen LogP contribution in [0.5, 0.6) is 0 Å². The summed E-state index contributed by atoms with van der Waals surface area (Å²) in [5.41, 5.74) is -0.260. The van der Waals surface area contributed by atoms with E-state index in [4.69, 9.17) is 0 Å². The van der Waals surface area contributed by atoms with Crippen molar-refractivity contribution in [2.75, 3.05) is 5.32 Å². The summed E-state index contributed by atoms with van der Waals surface area (Å²) < 4.78 is 28.6. The summed E-state index contributed by atoms with van der Waals surface area (Å²) in [5, 5.41) is 3.89. The molecule has 0 aliphatic heterocycles. The topological polar surface area (TPSA) is 46.9 Å². The van der Waals surface area contributed by atoms with E-state index in [2.05, 4.69) is 16.9 Å². The fourth-order valence-electron chi connectivity index (χ4n) is 2.66. The first-order chi connectivity index (χ1) is 11.4. The number of hydrogen-bond donors (Lipinski definition) is 1. The third-order valence-electron chi connectivity index (χ3n) is 4.25. The maximum Gasteiger partial charge on any atom is 0.354 e. The van der Waals surface area contributed by atoms with Crippen molar-refractivity contribution in [2.24, 2.45) is 0 Å². The second-order valence-electron chi connectivity index (χ2n) is 6.08. The van der Waals surface area contributed by atoms with Crippen LogP contribution in [0.3, 0.4) is 0 Å². The van der Waals surface area contributed by atoms with Gasteiger partial charge in [0.25, 0.3) is 5.92 Å². The zero-order valence-electron chi connectivity index (χ0n) is 13.4. The average Bonchev–Trinajstić information content (AvgIpc) is 2.48. The molecule has 126 valence electrons. The first-order valence-electron chi connectivity index (χ1n) is 7.90. The van der Waals surface area contributed by atoms with E-state index in [1.807, 2.05) is 0 Å². The molecule has 1 fully saturated rings. The minimum Gasteiger partial charge on any atom is -0.367 e. The second kappa shape index (κ2) is 6.19. The molecule has 1 aliphatic carbocycles. The maximum absolute atomic E-state index is 13.7. The Morgan fingerprint density at radius 3 is 2.75 bits per heavy atom. The fraction of sp³-hybridized carbons (Fsp3) is 0.333. The maximum atomic E-state index is 13.7. The molecule has 3 rings (SSSR count). The number of aromatic nitrogens is 2. The normalized spacial score (nSPS) is 15.6. The first kappa shape index (κ1) is 16.4. The lowest BCUT2D eigenvalue weighted by Crippen LogP contribution is -2.30. The van der Waals surface area contributed by atoms with E-state index in [0.717, 1.165) is 26.2 Å². The van der Waals surface area contributed by atoms with Crippen molar-refractivity contribution in [1.29, 1.82) is 0 Å². The summed E-state index contributed by atoms with van der Waals surface area (Å²) in [5.74, 6) is -2.53. The van der Waals surface area contributed by atoms with Gasteiger partial charge in [-0.15, -0.1) is 0 Å². The number of anilines is 1. The lowest BCUT2D eigenvalue weighted by Gasteiger charge is -2.27. The van der Waals surface area contributed by atoms with Crippen molar-refractivity contribution in [3.63, 3.8) is 0 Å². The molecule has 0 saturated heterocycles. The Bertz CT molecular complexity index is 861. The highest BCUT2D eigenvalue weighted by molar-refractivity contribution is 5.91. The molecule has 4 nitrogen and oxygen atoms in total. The third-order valence-corrected chi connectivity index (χ3v) is 4.25. The molecular formula is C18H19F2N3O. The van der Waals surface area contributed by atoms with Crippen LogP contribution in [-0.2, 0) is 5.92 Å². The predicted molar refractivity (Wildman–Crippen MR) is 92.4 cm³/mol. The number of benzene rings is 1. The van der Waals surface area contributed by atoms with E-state index in [1.165, 1.54) is 29.0 Å². The molecule has 2 aromatic rings. The third kappa shape index (κ3) is 3.09. The Morgan fingerprint density at radius 1 is 1.42 bits per heavy atom. The van der Waals surface area contributed by atoms with E-state index in [1.54, 1.807) is 12.1 Å². The van der Waals surface area contributed by atoms with Gasteiger partial charge in [-0.1, -0.05) is 18.7 Å². The Morgan fingerprint density at radius 2 is 2.17 bits per heavy atom. The molecule has 1 heterocycles. The molecule has 1 N–H and O–H groups in total. The molecule has 1 saturated carbocycles. The van der Waals surface area contributed by atoms with Crippen molar-refractivity contribution in [2.45, 2.75) is 38.2 Å². The highest BCUT2D eigenvalue weighted by Gasteiger charge is 2.26. The van der Waals surface area contributed by atoms with Crippen LogP contribution in [0.1, 0.15) is 31.7 Å². The van der Waals surface area contributed by atoms with Gasteiger partial charge in [-0.25, -0.2) is 13.6 Å². The summed E-state index contributed by atoms with van der Waals surface area (Å²) >= 11 is 0. The predicted octanol–water partition coefficient (Wildman–Crippen LogP) is 4.13. The summed E-state index contributed by atoms with van der Waals surface area (Å²) in [6, 6.07) is 4.60. The van der Waals surface area contributed by atoms with Crippen molar-refractivity contribution in [3.05, 3.63) is 53.0 Å². The number of allylic oxidation sites excluding steroid dienone is 2. The largest absolute Gasteiger partial charge is 0.367 e. The van der Waals surface area contributed by atoms with Crippen LogP contribution < -0.4 is 11.0 Å². The fourth-order valence-corrected chi connectivity index (χ4v) is 2.66. The van der Waals surface area contributed by atoms with Crippen LogP contribution >= 0.6 is 0 Å². The lowest BCUT2D eigenvalue weighted by molar-refractivity contribution is 0.0176. The van der Waals surface area contributed by atoms with Crippen molar-refractivity contribution < 1.29 is 8.78 Å². The number of alkyl halides is 2. The standard InChI is InChI=1S/C18H19F2N3O/c1-3-4-10-23-15-11-12(18(2,19)20)8-9-14(15)16(22-17(23)24)21-13-6-5-7-13/h3-4,8-11,13H,1,5-7H2,2H3,(H,21,22,24)/b10-4+. The molecule has 0 atom stereocenters. The van der Waals surface area contributed by atoms with Crippen molar-refractivity contribution in [1.82, 2.24) is 9.55 Å². The van der Waals surface area contributed by atoms with E-state index in [9.17, 15) is 13.6 Å². The summed E-state index contributed by atoms with van der Waals surface area (Å²) in [6.45, 7) is 4.40. The number of hydrogen-bond acceptors (Lipinski definition) is 3. The van der Waals surface area contributed by atoms with E-state index >= 15 is 0 Å². The Hall–Kier alpha value is -2.50. The molecule has 0 bridgehead atoms. The minimum atomic E-state index is -2.98. The van der Waals surface area contributed by atoms with Crippen LogP contribution in [0.4, 0.5) is 14.6 Å². The van der Waals surface area contributed by atoms with Gasteiger partial charge in [-0.2, -0.15) is 4.98 Å². The second-order valence-corrected chi connectivity index (χ2v) is 6.08. The van der Waals surface area contributed by atoms with Gasteiger partial charge in [0.2, 0.25) is 0 Å². The number of nitrogens with zero attached hydrogens (tertiary/aromatic N) is 2. The quantitative estimate of drug-likeness (QED) is 0.838. The SMILES string of the molecule is C=C/C=C/n1c(=O)nc(NC2CCC2)c2ccc(C(C)(F)F)cc21. The molecule has 0 radical (unpaired) electrons. The molecule has 1 aliphatic rings. The van der Waals surface area contributed by atoms with Crippen LogP contribution in [0.2, 0.25) is 0 Å². The Balaban J connectivity index is 2.22. The minimum absolute atomic E-state index is 0.143. The van der Waals surface area contributed by atoms with Crippen molar-refractivity contribution in [3.8, 4) is 0 Å². The lowest BCUT2D eigenvalue weighted by atomic mass is 9.93. The number of nitrogens with one attached hydrogen (secondary N) is 1. The van der Waals surface area contributed by atoms with Gasteiger partial charge in [0.15, 0.2) is 0 Å². The molecule has 1 aromatic heterocycles. The van der Waals surface area contributed by atoms with Gasteiger partial charge < -0.3 is 5.32 Å². The summed E-state index contributed by atoms with van der Waals surface area (Å²) in [6.07, 6.45) is 7.74. The Kier molecular flexibility index (Phi) is 4.22. The van der Waals surface area contributed by atoms with Gasteiger partial charge in [-0.05, 0) is 37.5 Å². The summed E-state index contributed by atoms with van der Waals surface area (Å²) in [4.78, 5) is 16.4. The molecular weight excluding hydrogens is 312 g/mol. The van der Waals surface area contributed by atoms with Crippen LogP contribution in [-0.4, -0.2) is 15.6 Å². The average molecular weight is 331 g/mol. The van der Waals surface area contributed by atoms with Gasteiger partial charge in [0.05, 0.1) is 5.52 Å². The van der Waals surface area contributed by atoms with Crippen LogP contribution in [0.15, 0.2) is 41.7 Å². The molecule has 6 heteroatoms. The monoisotopic (exact) mass is 331 g/mol. The first-order valence-corrected chi connectivity index (χ1v) is 7.90.